The SMILES string of the molecule is CC.CC.CC(=O)c1cc(Cl)nc(Cl)c1. The lowest BCUT2D eigenvalue weighted by molar-refractivity contribution is 0.101. The Morgan fingerprint density at radius 3 is 1.67 bits per heavy atom. The van der Waals surface area contributed by atoms with Gasteiger partial charge in [0.2, 0.25) is 0 Å². The van der Waals surface area contributed by atoms with Gasteiger partial charge in [0, 0.05) is 5.56 Å². The lowest BCUT2D eigenvalue weighted by Crippen LogP contribution is -1.92. The van der Waals surface area contributed by atoms with Crippen molar-refractivity contribution < 1.29 is 4.79 Å². The molecule has 4 heteroatoms. The van der Waals surface area contributed by atoms with E-state index in [0.717, 1.165) is 0 Å². The van der Waals surface area contributed by atoms with Gasteiger partial charge in [0.15, 0.2) is 5.78 Å². The minimum Gasteiger partial charge on any atom is -0.295 e. The molecule has 15 heavy (non-hydrogen) atoms. The number of ketones is 1. The van der Waals surface area contributed by atoms with Crippen LogP contribution in [0.25, 0.3) is 0 Å². The summed E-state index contributed by atoms with van der Waals surface area (Å²) < 4.78 is 0. The summed E-state index contributed by atoms with van der Waals surface area (Å²) in [5, 5.41) is 0.477. The minimum absolute atomic E-state index is 0.0730. The van der Waals surface area contributed by atoms with Crippen molar-refractivity contribution in [3.63, 3.8) is 0 Å². The molecule has 0 spiro atoms. The van der Waals surface area contributed by atoms with Crippen molar-refractivity contribution >= 4 is 29.0 Å². The van der Waals surface area contributed by atoms with Gasteiger partial charge in [0.25, 0.3) is 0 Å². The fourth-order valence-corrected chi connectivity index (χ4v) is 1.13. The van der Waals surface area contributed by atoms with Gasteiger partial charge in [-0.05, 0) is 19.1 Å². The lowest BCUT2D eigenvalue weighted by Gasteiger charge is -1.96. The van der Waals surface area contributed by atoms with E-state index in [9.17, 15) is 4.79 Å². The first-order valence-electron chi connectivity index (χ1n) is 4.93. The first kappa shape index (κ1) is 16.8. The molecule has 0 aromatic carbocycles. The summed E-state index contributed by atoms with van der Waals surface area (Å²) in [5.74, 6) is -0.0730. The number of pyridine rings is 1. The molecule has 0 amide bonds. The van der Waals surface area contributed by atoms with E-state index in [2.05, 4.69) is 4.98 Å². The maximum Gasteiger partial charge on any atom is 0.160 e. The molecule has 0 aliphatic carbocycles. The van der Waals surface area contributed by atoms with Gasteiger partial charge in [-0.1, -0.05) is 50.9 Å². The maximum atomic E-state index is 10.8. The van der Waals surface area contributed by atoms with E-state index < -0.39 is 0 Å². The Labute approximate surface area is 102 Å². The molecule has 0 saturated heterocycles. The maximum absolute atomic E-state index is 10.8. The Bertz CT molecular complexity index is 280. The number of hydrogen-bond acceptors (Lipinski definition) is 2. The molecular weight excluding hydrogens is 233 g/mol. The summed E-state index contributed by atoms with van der Waals surface area (Å²) in [5.41, 5.74) is 0.481. The van der Waals surface area contributed by atoms with Gasteiger partial charge in [-0.25, -0.2) is 4.98 Å². The normalized spacial score (nSPS) is 7.93. The summed E-state index contributed by atoms with van der Waals surface area (Å²) in [7, 11) is 0. The van der Waals surface area contributed by atoms with Crippen molar-refractivity contribution in [3.05, 3.63) is 28.0 Å². The van der Waals surface area contributed by atoms with E-state index in [-0.39, 0.29) is 16.1 Å². The van der Waals surface area contributed by atoms with Crippen LogP contribution in [0.15, 0.2) is 12.1 Å². The van der Waals surface area contributed by atoms with E-state index in [4.69, 9.17) is 23.2 Å². The van der Waals surface area contributed by atoms with Gasteiger partial charge >= 0.3 is 0 Å². The van der Waals surface area contributed by atoms with Crippen LogP contribution in [0.4, 0.5) is 0 Å². The fourth-order valence-electron chi connectivity index (χ4n) is 0.668. The number of carbonyl (C=O) groups excluding carboxylic acids is 1. The van der Waals surface area contributed by atoms with Gasteiger partial charge in [0.1, 0.15) is 10.3 Å². The van der Waals surface area contributed by atoms with E-state index in [1.54, 1.807) is 0 Å². The Morgan fingerprint density at radius 2 is 1.40 bits per heavy atom. The zero-order valence-corrected chi connectivity index (χ0v) is 11.3. The summed E-state index contributed by atoms with van der Waals surface area (Å²) in [6, 6.07) is 2.96. The molecule has 0 aliphatic heterocycles. The number of carbonyl (C=O) groups is 1. The third-order valence-electron chi connectivity index (χ3n) is 1.17. The molecule has 0 aliphatic rings. The Kier molecular flexibility index (Phi) is 11.1. The molecule has 1 rings (SSSR count). The molecule has 0 unspecified atom stereocenters. The molecule has 0 saturated carbocycles. The fraction of sp³-hybridized carbons (Fsp3) is 0.455. The molecule has 0 bridgehead atoms. The molecule has 2 nitrogen and oxygen atoms in total. The van der Waals surface area contributed by atoms with Gasteiger partial charge < -0.3 is 0 Å². The monoisotopic (exact) mass is 249 g/mol. The second-order valence-electron chi connectivity index (χ2n) is 2.06. The standard InChI is InChI=1S/C7H5Cl2NO.2C2H6/c1-4(11)5-2-6(8)10-7(9)3-5;2*1-2/h2-3H,1H3;2*1-2H3. The van der Waals surface area contributed by atoms with E-state index in [1.165, 1.54) is 19.1 Å². The highest BCUT2D eigenvalue weighted by Gasteiger charge is 2.02. The third kappa shape index (κ3) is 7.34. The Balaban J connectivity index is 0. The largest absolute Gasteiger partial charge is 0.295 e. The van der Waals surface area contributed by atoms with Gasteiger partial charge in [-0.2, -0.15) is 0 Å². The number of aromatic nitrogens is 1. The highest BCUT2D eigenvalue weighted by Crippen LogP contribution is 2.14. The molecule has 0 radical (unpaired) electrons. The van der Waals surface area contributed by atoms with Crippen molar-refractivity contribution in [1.82, 2.24) is 4.98 Å². The summed E-state index contributed by atoms with van der Waals surface area (Å²) in [6.45, 7) is 9.45. The smallest absolute Gasteiger partial charge is 0.160 e. The Morgan fingerprint density at radius 1 is 1.07 bits per heavy atom. The van der Waals surface area contributed by atoms with E-state index >= 15 is 0 Å². The van der Waals surface area contributed by atoms with Crippen LogP contribution in [0.3, 0.4) is 0 Å². The first-order valence-corrected chi connectivity index (χ1v) is 5.69. The molecule has 0 fully saturated rings. The highest BCUT2D eigenvalue weighted by atomic mass is 35.5. The van der Waals surface area contributed by atoms with Crippen LogP contribution >= 0.6 is 23.2 Å². The van der Waals surface area contributed by atoms with Crippen molar-refractivity contribution in [1.29, 1.82) is 0 Å². The molecular formula is C11H17Cl2NO. The quantitative estimate of drug-likeness (QED) is 0.536. The highest BCUT2D eigenvalue weighted by molar-refractivity contribution is 6.33. The third-order valence-corrected chi connectivity index (χ3v) is 1.56. The van der Waals surface area contributed by atoms with Crippen LogP contribution in [-0.2, 0) is 0 Å². The average Bonchev–Trinajstić information content (AvgIpc) is 2.22. The van der Waals surface area contributed by atoms with Crippen molar-refractivity contribution in [2.75, 3.05) is 0 Å². The number of rotatable bonds is 1. The van der Waals surface area contributed by atoms with Crippen LogP contribution in [0.5, 0.6) is 0 Å². The zero-order chi connectivity index (χ0) is 12.4. The van der Waals surface area contributed by atoms with Gasteiger partial charge in [-0.3, -0.25) is 4.79 Å². The van der Waals surface area contributed by atoms with Crippen molar-refractivity contribution in [2.24, 2.45) is 0 Å². The molecule has 1 aromatic heterocycles. The number of nitrogens with zero attached hydrogens (tertiary/aromatic N) is 1. The van der Waals surface area contributed by atoms with Crippen LogP contribution < -0.4 is 0 Å². The minimum atomic E-state index is -0.0730. The first-order chi connectivity index (χ1) is 7.09. The van der Waals surface area contributed by atoms with Crippen LogP contribution in [0, 0.1) is 0 Å². The summed E-state index contributed by atoms with van der Waals surface area (Å²) >= 11 is 11.1. The number of Topliss-reactive ketones (excluding diaryl/α,β-unsaturated/α-hetero) is 1. The van der Waals surface area contributed by atoms with E-state index in [1.807, 2.05) is 27.7 Å². The molecule has 0 atom stereocenters. The van der Waals surface area contributed by atoms with Gasteiger partial charge in [0.05, 0.1) is 0 Å². The predicted octanol–water partition coefficient (Wildman–Crippen LogP) is 4.64. The summed E-state index contributed by atoms with van der Waals surface area (Å²) in [6.07, 6.45) is 0. The van der Waals surface area contributed by atoms with Gasteiger partial charge in [-0.15, -0.1) is 0 Å². The van der Waals surface area contributed by atoms with Crippen LogP contribution in [0.2, 0.25) is 10.3 Å². The molecule has 0 N–H and O–H groups in total. The van der Waals surface area contributed by atoms with E-state index in [0.29, 0.717) is 5.56 Å². The lowest BCUT2D eigenvalue weighted by atomic mass is 10.2. The molecule has 86 valence electrons. The molecule has 1 heterocycles. The predicted molar refractivity (Wildman–Crippen MR) is 67.0 cm³/mol. The number of halogens is 2. The number of hydrogen-bond donors (Lipinski definition) is 0. The molecule has 1 aromatic rings. The topological polar surface area (TPSA) is 30.0 Å². The van der Waals surface area contributed by atoms with Crippen molar-refractivity contribution in [3.8, 4) is 0 Å². The summed E-state index contributed by atoms with van der Waals surface area (Å²) in [4.78, 5) is 14.5. The van der Waals surface area contributed by atoms with Crippen molar-refractivity contribution in [2.45, 2.75) is 34.6 Å². The average molecular weight is 250 g/mol. The second kappa shape index (κ2) is 9.94. The zero-order valence-electron chi connectivity index (χ0n) is 9.77. The second-order valence-corrected chi connectivity index (χ2v) is 2.83. The van der Waals surface area contributed by atoms with Crippen LogP contribution in [-0.4, -0.2) is 10.8 Å². The Hall–Kier alpha value is -0.600. The van der Waals surface area contributed by atoms with Crippen LogP contribution in [0.1, 0.15) is 45.0 Å².